The lowest BCUT2D eigenvalue weighted by atomic mass is 10.1. The van der Waals surface area contributed by atoms with Crippen LogP contribution in [-0.4, -0.2) is 16.8 Å². The number of aromatic nitrogens is 1. The fraction of sp³-hybridized carbons (Fsp3) is 0.211. The summed E-state index contributed by atoms with van der Waals surface area (Å²) in [6, 6.07) is 15.0. The van der Waals surface area contributed by atoms with Gasteiger partial charge in [0.15, 0.2) is 0 Å². The van der Waals surface area contributed by atoms with E-state index in [9.17, 15) is 9.59 Å². The van der Waals surface area contributed by atoms with E-state index in [1.54, 1.807) is 29.5 Å². The van der Waals surface area contributed by atoms with Crippen molar-refractivity contribution in [2.24, 2.45) is 5.73 Å². The molecule has 0 aliphatic rings. The maximum atomic E-state index is 12.0. The molecule has 0 saturated heterocycles. The van der Waals surface area contributed by atoms with E-state index in [-0.39, 0.29) is 5.91 Å². The lowest BCUT2D eigenvalue weighted by Crippen LogP contribution is -2.22. The number of hydrogen-bond donors (Lipinski definition) is 2. The highest BCUT2D eigenvalue weighted by Gasteiger charge is 2.06. The van der Waals surface area contributed by atoms with Gasteiger partial charge >= 0.3 is 0 Å². The van der Waals surface area contributed by atoms with Crippen LogP contribution >= 0.6 is 11.3 Å². The summed E-state index contributed by atoms with van der Waals surface area (Å²) < 4.78 is 1.18. The van der Waals surface area contributed by atoms with Gasteiger partial charge in [-0.25, -0.2) is 4.98 Å². The average molecular weight is 353 g/mol. The molecule has 0 atom stereocenters. The lowest BCUT2D eigenvalue weighted by molar-refractivity contribution is -0.121. The number of nitrogens with zero attached hydrogens (tertiary/aromatic N) is 1. The third-order valence-corrected chi connectivity index (χ3v) is 4.93. The molecule has 0 spiro atoms. The van der Waals surface area contributed by atoms with E-state index < -0.39 is 5.91 Å². The summed E-state index contributed by atoms with van der Waals surface area (Å²) in [5.74, 6) is -0.477. The van der Waals surface area contributed by atoms with Crippen LogP contribution in [0.5, 0.6) is 0 Å². The van der Waals surface area contributed by atoms with Crippen molar-refractivity contribution in [2.45, 2.75) is 25.8 Å². The van der Waals surface area contributed by atoms with Crippen molar-refractivity contribution < 1.29 is 9.59 Å². The average Bonchev–Trinajstić information content (AvgIpc) is 3.03. The third kappa shape index (κ3) is 4.64. The molecule has 0 saturated carbocycles. The van der Waals surface area contributed by atoms with Crippen molar-refractivity contribution in [1.29, 1.82) is 0 Å². The summed E-state index contributed by atoms with van der Waals surface area (Å²) in [5.41, 5.74) is 7.58. The fourth-order valence-corrected chi connectivity index (χ4v) is 3.56. The Bertz CT molecular complexity index is 871. The van der Waals surface area contributed by atoms with E-state index in [4.69, 9.17) is 5.73 Å². The highest BCUT2D eigenvalue weighted by molar-refractivity contribution is 7.18. The Hall–Kier alpha value is -2.73. The largest absolute Gasteiger partial charge is 0.366 e. The summed E-state index contributed by atoms with van der Waals surface area (Å²) in [4.78, 5) is 27.7. The number of rotatable bonds is 7. The number of nitrogens with one attached hydrogen (secondary N) is 1. The summed E-state index contributed by atoms with van der Waals surface area (Å²) >= 11 is 1.68. The minimum Gasteiger partial charge on any atom is -0.366 e. The Morgan fingerprint density at radius 3 is 2.76 bits per heavy atom. The van der Waals surface area contributed by atoms with Crippen LogP contribution in [0, 0.1) is 0 Å². The molecule has 1 heterocycles. The number of primary amides is 1. The van der Waals surface area contributed by atoms with Gasteiger partial charge in [-0.2, -0.15) is 0 Å². The molecular formula is C19H19N3O2S. The van der Waals surface area contributed by atoms with Crippen LogP contribution in [0.2, 0.25) is 0 Å². The van der Waals surface area contributed by atoms with Gasteiger partial charge in [0.1, 0.15) is 0 Å². The van der Waals surface area contributed by atoms with Gasteiger partial charge < -0.3 is 11.1 Å². The standard InChI is InChI=1S/C19H19N3O2S/c20-19(24)14-6-3-5-13(11-14)12-21-17(23)9-4-10-18-22-15-7-1-2-8-16(15)25-18/h1-3,5-8,11H,4,9-10,12H2,(H2,20,24)(H,21,23). The van der Waals surface area contributed by atoms with Gasteiger partial charge in [-0.05, 0) is 42.7 Å². The first-order chi connectivity index (χ1) is 12.1. The Labute approximate surface area is 149 Å². The minimum absolute atomic E-state index is 0.00871. The summed E-state index contributed by atoms with van der Waals surface area (Å²) in [7, 11) is 0. The number of carbonyl (C=O) groups excluding carboxylic acids is 2. The van der Waals surface area contributed by atoms with Crippen molar-refractivity contribution in [2.75, 3.05) is 0 Å². The second-order valence-corrected chi connectivity index (χ2v) is 6.89. The molecule has 5 nitrogen and oxygen atoms in total. The quantitative estimate of drug-likeness (QED) is 0.685. The Kier molecular flexibility index (Phi) is 5.40. The minimum atomic E-state index is -0.469. The van der Waals surface area contributed by atoms with Crippen LogP contribution in [0.15, 0.2) is 48.5 Å². The van der Waals surface area contributed by atoms with E-state index in [0.717, 1.165) is 28.9 Å². The molecule has 0 aliphatic heterocycles. The van der Waals surface area contributed by atoms with Gasteiger partial charge in [-0.3, -0.25) is 9.59 Å². The van der Waals surface area contributed by atoms with Crippen LogP contribution in [0.25, 0.3) is 10.2 Å². The molecule has 0 fully saturated rings. The van der Waals surface area contributed by atoms with E-state index in [1.807, 2.05) is 24.3 Å². The first-order valence-corrected chi connectivity index (χ1v) is 8.93. The molecule has 3 rings (SSSR count). The maximum Gasteiger partial charge on any atom is 0.248 e. The van der Waals surface area contributed by atoms with E-state index in [0.29, 0.717) is 18.5 Å². The molecular weight excluding hydrogens is 334 g/mol. The molecule has 25 heavy (non-hydrogen) atoms. The number of para-hydroxylation sites is 1. The molecule has 1 aromatic heterocycles. The number of hydrogen-bond acceptors (Lipinski definition) is 4. The number of amides is 2. The van der Waals surface area contributed by atoms with E-state index >= 15 is 0 Å². The Morgan fingerprint density at radius 1 is 1.12 bits per heavy atom. The van der Waals surface area contributed by atoms with Gasteiger partial charge in [-0.15, -0.1) is 11.3 Å². The highest BCUT2D eigenvalue weighted by Crippen LogP contribution is 2.22. The van der Waals surface area contributed by atoms with Gasteiger partial charge in [0.25, 0.3) is 0 Å². The predicted molar refractivity (Wildman–Crippen MR) is 99.4 cm³/mol. The highest BCUT2D eigenvalue weighted by atomic mass is 32.1. The van der Waals surface area contributed by atoms with Crippen LogP contribution in [-0.2, 0) is 17.8 Å². The number of fused-ring (bicyclic) bond motifs is 1. The molecule has 2 amide bonds. The number of carbonyl (C=O) groups is 2. The molecule has 0 bridgehead atoms. The number of aryl methyl sites for hydroxylation is 1. The van der Waals surface area contributed by atoms with Gasteiger partial charge in [0, 0.05) is 18.5 Å². The van der Waals surface area contributed by atoms with Gasteiger partial charge in [0.2, 0.25) is 11.8 Å². The van der Waals surface area contributed by atoms with E-state index in [1.165, 1.54) is 4.70 Å². The zero-order valence-electron chi connectivity index (χ0n) is 13.7. The number of thiazole rings is 1. The lowest BCUT2D eigenvalue weighted by Gasteiger charge is -2.06. The monoisotopic (exact) mass is 353 g/mol. The van der Waals surface area contributed by atoms with Crippen molar-refractivity contribution in [1.82, 2.24) is 10.3 Å². The molecule has 6 heteroatoms. The fourth-order valence-electron chi connectivity index (χ4n) is 2.55. The second kappa shape index (κ2) is 7.90. The molecule has 3 N–H and O–H groups in total. The summed E-state index contributed by atoms with van der Waals surface area (Å²) in [5, 5.41) is 3.93. The first-order valence-electron chi connectivity index (χ1n) is 8.12. The molecule has 2 aromatic carbocycles. The second-order valence-electron chi connectivity index (χ2n) is 5.77. The zero-order valence-corrected chi connectivity index (χ0v) is 14.5. The number of nitrogens with two attached hydrogens (primary N) is 1. The SMILES string of the molecule is NC(=O)c1cccc(CNC(=O)CCCc2nc3ccccc3s2)c1. The van der Waals surface area contributed by atoms with Gasteiger partial charge in [0.05, 0.1) is 15.2 Å². The Balaban J connectivity index is 1.45. The van der Waals surface area contributed by atoms with Crippen LogP contribution in [0.4, 0.5) is 0 Å². The van der Waals surface area contributed by atoms with Crippen LogP contribution in [0.3, 0.4) is 0 Å². The predicted octanol–water partition coefficient (Wildman–Crippen LogP) is 3.03. The zero-order chi connectivity index (χ0) is 17.6. The molecule has 0 radical (unpaired) electrons. The molecule has 3 aromatic rings. The van der Waals surface area contributed by atoms with Crippen molar-refractivity contribution in [3.05, 3.63) is 64.7 Å². The normalized spacial score (nSPS) is 10.7. The summed E-state index contributed by atoms with van der Waals surface area (Å²) in [6.07, 6.45) is 2.00. The van der Waals surface area contributed by atoms with Crippen molar-refractivity contribution in [3.63, 3.8) is 0 Å². The third-order valence-electron chi connectivity index (χ3n) is 3.83. The summed E-state index contributed by atoms with van der Waals surface area (Å²) in [6.45, 7) is 0.390. The molecule has 128 valence electrons. The Morgan fingerprint density at radius 2 is 1.96 bits per heavy atom. The maximum absolute atomic E-state index is 12.0. The van der Waals surface area contributed by atoms with Crippen LogP contribution in [0.1, 0.15) is 33.8 Å². The molecule has 0 unspecified atom stereocenters. The van der Waals surface area contributed by atoms with Crippen LogP contribution < -0.4 is 11.1 Å². The number of benzene rings is 2. The van der Waals surface area contributed by atoms with E-state index in [2.05, 4.69) is 16.4 Å². The topological polar surface area (TPSA) is 85.1 Å². The first kappa shape index (κ1) is 17.1. The van der Waals surface area contributed by atoms with Crippen molar-refractivity contribution in [3.8, 4) is 0 Å². The smallest absolute Gasteiger partial charge is 0.248 e. The van der Waals surface area contributed by atoms with Gasteiger partial charge in [-0.1, -0.05) is 24.3 Å². The molecule has 0 aliphatic carbocycles. The van der Waals surface area contributed by atoms with Crippen molar-refractivity contribution >= 4 is 33.4 Å².